The number of aliphatic hydroxyl groups excluding tert-OH is 1. The average molecular weight is 168 g/mol. The Morgan fingerprint density at radius 3 is 2.33 bits per heavy atom. The number of hydrogen-bond acceptors (Lipinski definition) is 3. The molecule has 0 spiro atoms. The summed E-state index contributed by atoms with van der Waals surface area (Å²) in [5, 5.41) is 16.9. The molecule has 4 nitrogen and oxygen atoms in total. The number of ether oxygens (including phenoxy) is 1. The van der Waals surface area contributed by atoms with E-state index in [9.17, 15) is 4.79 Å². The molecule has 2 N–H and O–H groups in total. The summed E-state index contributed by atoms with van der Waals surface area (Å²) in [7, 11) is 0. The van der Waals surface area contributed by atoms with Crippen LogP contribution in [0.4, 0.5) is 0 Å². The minimum absolute atomic E-state index is 0.195. The Kier molecular flexibility index (Phi) is 2.66. The maximum Gasteiger partial charge on any atom is 0.335 e. The van der Waals surface area contributed by atoms with Crippen molar-refractivity contribution in [1.82, 2.24) is 0 Å². The maximum absolute atomic E-state index is 10.4. The van der Waals surface area contributed by atoms with Gasteiger partial charge in [0.15, 0.2) is 6.79 Å². The van der Waals surface area contributed by atoms with Gasteiger partial charge in [-0.3, -0.25) is 0 Å². The first-order valence-corrected chi connectivity index (χ1v) is 3.31. The summed E-state index contributed by atoms with van der Waals surface area (Å²) >= 11 is 0. The van der Waals surface area contributed by atoms with Crippen LogP contribution in [0.1, 0.15) is 10.4 Å². The van der Waals surface area contributed by atoms with Gasteiger partial charge >= 0.3 is 5.97 Å². The van der Waals surface area contributed by atoms with Crippen LogP contribution < -0.4 is 4.74 Å². The first-order chi connectivity index (χ1) is 5.74. The number of hydrogen-bond donors (Lipinski definition) is 2. The maximum atomic E-state index is 10.4. The van der Waals surface area contributed by atoms with Crippen LogP contribution >= 0.6 is 0 Å². The van der Waals surface area contributed by atoms with Crippen molar-refractivity contribution in [2.24, 2.45) is 0 Å². The second kappa shape index (κ2) is 3.73. The van der Waals surface area contributed by atoms with Gasteiger partial charge in [-0.15, -0.1) is 0 Å². The number of carboxylic acid groups (broad SMARTS) is 1. The first-order valence-electron chi connectivity index (χ1n) is 3.31. The molecular formula is C8H8O4. The van der Waals surface area contributed by atoms with Crippen LogP contribution in [0.25, 0.3) is 0 Å². The summed E-state index contributed by atoms with van der Waals surface area (Å²) in [5.74, 6) is -0.534. The van der Waals surface area contributed by atoms with E-state index >= 15 is 0 Å². The van der Waals surface area contributed by atoms with Gasteiger partial charge in [-0.25, -0.2) is 4.79 Å². The molecule has 4 heteroatoms. The van der Waals surface area contributed by atoms with Crippen LogP contribution in [-0.2, 0) is 0 Å². The molecule has 0 heterocycles. The Morgan fingerprint density at radius 2 is 1.92 bits per heavy atom. The Morgan fingerprint density at radius 1 is 1.33 bits per heavy atom. The summed E-state index contributed by atoms with van der Waals surface area (Å²) in [6.07, 6.45) is 0. The zero-order valence-corrected chi connectivity index (χ0v) is 6.23. The number of aromatic carboxylic acids is 1. The van der Waals surface area contributed by atoms with Gasteiger partial charge in [0, 0.05) is 0 Å². The lowest BCUT2D eigenvalue weighted by atomic mass is 10.2. The fourth-order valence-electron chi connectivity index (χ4n) is 0.768. The average Bonchev–Trinajstić information content (AvgIpc) is 2.06. The lowest BCUT2D eigenvalue weighted by Crippen LogP contribution is -1.97. The highest BCUT2D eigenvalue weighted by molar-refractivity contribution is 5.87. The van der Waals surface area contributed by atoms with Gasteiger partial charge in [0.2, 0.25) is 0 Å². The van der Waals surface area contributed by atoms with Gasteiger partial charge < -0.3 is 14.9 Å². The lowest BCUT2D eigenvalue weighted by molar-refractivity contribution is 0.0697. The molecule has 0 saturated carbocycles. The van der Waals surface area contributed by atoms with Crippen LogP contribution in [-0.4, -0.2) is 23.0 Å². The molecule has 1 aromatic rings. The summed E-state index contributed by atoms with van der Waals surface area (Å²) < 4.78 is 4.70. The standard InChI is InChI=1S/C8H8O4/c9-5-12-7-3-1-6(2-4-7)8(10)11/h1-4,9H,5H2,(H,10,11). The van der Waals surface area contributed by atoms with Gasteiger partial charge in [0.05, 0.1) is 5.56 Å². The second-order valence-electron chi connectivity index (χ2n) is 2.10. The number of carboxylic acids is 1. The van der Waals surface area contributed by atoms with Crippen molar-refractivity contribution in [2.75, 3.05) is 6.79 Å². The Hall–Kier alpha value is -1.55. The van der Waals surface area contributed by atoms with E-state index in [-0.39, 0.29) is 5.56 Å². The van der Waals surface area contributed by atoms with E-state index in [1.807, 2.05) is 0 Å². The Balaban J connectivity index is 2.78. The van der Waals surface area contributed by atoms with E-state index in [1.54, 1.807) is 0 Å². The fraction of sp³-hybridized carbons (Fsp3) is 0.125. The molecule has 0 amide bonds. The molecule has 0 aliphatic heterocycles. The van der Waals surface area contributed by atoms with Crippen LogP contribution in [0.15, 0.2) is 24.3 Å². The largest absolute Gasteiger partial charge is 0.478 e. The molecule has 1 aromatic carbocycles. The van der Waals surface area contributed by atoms with Gasteiger partial charge in [-0.1, -0.05) is 0 Å². The highest BCUT2D eigenvalue weighted by Crippen LogP contribution is 2.11. The predicted molar refractivity (Wildman–Crippen MR) is 41.1 cm³/mol. The summed E-state index contributed by atoms with van der Waals surface area (Å²) in [6.45, 7) is -0.410. The highest BCUT2D eigenvalue weighted by Gasteiger charge is 2.00. The molecule has 0 bridgehead atoms. The summed E-state index contributed by atoms with van der Waals surface area (Å²) in [4.78, 5) is 10.4. The van der Waals surface area contributed by atoms with E-state index in [4.69, 9.17) is 14.9 Å². The predicted octanol–water partition coefficient (Wildman–Crippen LogP) is 0.713. The molecule has 0 aromatic heterocycles. The van der Waals surface area contributed by atoms with Crippen molar-refractivity contribution < 1.29 is 19.7 Å². The van der Waals surface area contributed by atoms with E-state index in [2.05, 4.69) is 0 Å². The van der Waals surface area contributed by atoms with Gasteiger partial charge in [-0.05, 0) is 24.3 Å². The van der Waals surface area contributed by atoms with Crippen molar-refractivity contribution >= 4 is 5.97 Å². The van der Waals surface area contributed by atoms with Crippen molar-refractivity contribution in [1.29, 1.82) is 0 Å². The summed E-state index contributed by atoms with van der Waals surface area (Å²) in [5.41, 5.74) is 0.195. The van der Waals surface area contributed by atoms with Crippen molar-refractivity contribution in [3.63, 3.8) is 0 Å². The smallest absolute Gasteiger partial charge is 0.335 e. The molecular weight excluding hydrogens is 160 g/mol. The third-order valence-corrected chi connectivity index (χ3v) is 1.33. The van der Waals surface area contributed by atoms with E-state index in [0.717, 1.165) is 0 Å². The van der Waals surface area contributed by atoms with Crippen LogP contribution in [0.2, 0.25) is 0 Å². The second-order valence-corrected chi connectivity index (χ2v) is 2.10. The van der Waals surface area contributed by atoms with Crippen LogP contribution in [0.3, 0.4) is 0 Å². The Labute approximate surface area is 69.0 Å². The van der Waals surface area contributed by atoms with Gasteiger partial charge in [0.25, 0.3) is 0 Å². The quantitative estimate of drug-likeness (QED) is 0.652. The normalized spacial score (nSPS) is 9.42. The molecule has 0 saturated heterocycles. The SMILES string of the molecule is O=C(O)c1ccc(OCO)cc1. The molecule has 0 atom stereocenters. The van der Waals surface area contributed by atoms with E-state index < -0.39 is 12.8 Å². The third-order valence-electron chi connectivity index (χ3n) is 1.33. The van der Waals surface area contributed by atoms with E-state index in [1.165, 1.54) is 24.3 Å². The number of benzene rings is 1. The number of carbonyl (C=O) groups is 1. The molecule has 0 radical (unpaired) electrons. The monoisotopic (exact) mass is 168 g/mol. The molecule has 1 rings (SSSR count). The molecule has 0 aliphatic carbocycles. The first kappa shape index (κ1) is 8.55. The number of rotatable bonds is 3. The van der Waals surface area contributed by atoms with Crippen LogP contribution in [0, 0.1) is 0 Å². The van der Waals surface area contributed by atoms with Gasteiger partial charge in [0.1, 0.15) is 5.75 Å². The zero-order chi connectivity index (χ0) is 8.97. The summed E-state index contributed by atoms with van der Waals surface area (Å²) in [6, 6.07) is 5.79. The van der Waals surface area contributed by atoms with Gasteiger partial charge in [-0.2, -0.15) is 0 Å². The van der Waals surface area contributed by atoms with Crippen molar-refractivity contribution in [3.05, 3.63) is 29.8 Å². The van der Waals surface area contributed by atoms with Crippen LogP contribution in [0.5, 0.6) is 5.75 Å². The molecule has 64 valence electrons. The Bertz CT molecular complexity index is 265. The van der Waals surface area contributed by atoms with E-state index in [0.29, 0.717) is 5.75 Å². The molecule has 0 aliphatic rings. The minimum Gasteiger partial charge on any atom is -0.478 e. The number of aliphatic hydroxyl groups is 1. The third kappa shape index (κ3) is 1.96. The molecule has 12 heavy (non-hydrogen) atoms. The topological polar surface area (TPSA) is 66.8 Å². The minimum atomic E-state index is -0.981. The highest BCUT2D eigenvalue weighted by atomic mass is 16.6. The molecule has 0 fully saturated rings. The zero-order valence-electron chi connectivity index (χ0n) is 6.23. The molecule has 0 unspecified atom stereocenters. The van der Waals surface area contributed by atoms with Crippen molar-refractivity contribution in [3.8, 4) is 5.75 Å². The van der Waals surface area contributed by atoms with Crippen molar-refractivity contribution in [2.45, 2.75) is 0 Å². The lowest BCUT2D eigenvalue weighted by Gasteiger charge is -2.00. The fourth-order valence-corrected chi connectivity index (χ4v) is 0.768.